The SMILES string of the molecule is CN(C(=O)[C@H](Cc1ccccc1)NC(=O)CCC1CCNCC1)c1ccccc1.Cl. The molecular formula is C24H32ClN3O2. The minimum atomic E-state index is -0.580. The molecule has 0 spiro atoms. The lowest BCUT2D eigenvalue weighted by atomic mass is 9.93. The van der Waals surface area contributed by atoms with Crippen LogP contribution in [0.25, 0.3) is 0 Å². The molecule has 2 aromatic rings. The molecule has 162 valence electrons. The van der Waals surface area contributed by atoms with E-state index in [-0.39, 0.29) is 24.2 Å². The van der Waals surface area contributed by atoms with Crippen LogP contribution >= 0.6 is 12.4 Å². The predicted octanol–water partition coefficient (Wildman–Crippen LogP) is 3.58. The molecule has 0 aromatic heterocycles. The quantitative estimate of drug-likeness (QED) is 0.674. The van der Waals surface area contributed by atoms with E-state index in [9.17, 15) is 9.59 Å². The van der Waals surface area contributed by atoms with Crippen molar-refractivity contribution in [2.45, 2.75) is 38.1 Å². The summed E-state index contributed by atoms with van der Waals surface area (Å²) >= 11 is 0. The van der Waals surface area contributed by atoms with E-state index in [2.05, 4.69) is 10.6 Å². The third kappa shape index (κ3) is 7.15. The Morgan fingerprint density at radius 1 is 1.03 bits per heavy atom. The maximum atomic E-state index is 13.2. The number of hydrogen-bond acceptors (Lipinski definition) is 3. The maximum absolute atomic E-state index is 13.2. The lowest BCUT2D eigenvalue weighted by Gasteiger charge is -2.26. The number of para-hydroxylation sites is 1. The van der Waals surface area contributed by atoms with Crippen LogP contribution in [0.5, 0.6) is 0 Å². The number of carbonyl (C=O) groups is 2. The van der Waals surface area contributed by atoms with E-state index in [0.717, 1.165) is 43.6 Å². The molecule has 2 N–H and O–H groups in total. The van der Waals surface area contributed by atoms with Crippen LogP contribution in [-0.2, 0) is 16.0 Å². The van der Waals surface area contributed by atoms with Gasteiger partial charge in [-0.3, -0.25) is 9.59 Å². The molecule has 1 heterocycles. The second-order valence-electron chi connectivity index (χ2n) is 7.77. The minimum absolute atomic E-state index is 0. The van der Waals surface area contributed by atoms with Gasteiger partial charge in [-0.2, -0.15) is 0 Å². The van der Waals surface area contributed by atoms with Crippen LogP contribution < -0.4 is 15.5 Å². The Bertz CT molecular complexity index is 780. The maximum Gasteiger partial charge on any atom is 0.249 e. The summed E-state index contributed by atoms with van der Waals surface area (Å²) in [6, 6.07) is 18.8. The van der Waals surface area contributed by atoms with Gasteiger partial charge in [0.25, 0.3) is 0 Å². The van der Waals surface area contributed by atoms with Crippen LogP contribution in [0.4, 0.5) is 5.69 Å². The van der Waals surface area contributed by atoms with E-state index < -0.39 is 6.04 Å². The van der Waals surface area contributed by atoms with Crippen molar-refractivity contribution in [1.29, 1.82) is 0 Å². The van der Waals surface area contributed by atoms with Crippen molar-refractivity contribution >= 4 is 29.9 Å². The molecule has 5 nitrogen and oxygen atoms in total. The highest BCUT2D eigenvalue weighted by Crippen LogP contribution is 2.18. The summed E-state index contributed by atoms with van der Waals surface area (Å²) in [6.07, 6.45) is 4.08. The third-order valence-corrected chi connectivity index (χ3v) is 5.63. The molecule has 6 heteroatoms. The van der Waals surface area contributed by atoms with Crippen molar-refractivity contribution in [3.63, 3.8) is 0 Å². The van der Waals surface area contributed by atoms with Crippen LogP contribution in [0.1, 0.15) is 31.2 Å². The Balaban J connectivity index is 0.00000320. The lowest BCUT2D eigenvalue weighted by molar-refractivity contribution is -0.127. The van der Waals surface area contributed by atoms with Crippen LogP contribution in [0.2, 0.25) is 0 Å². The number of piperidine rings is 1. The topological polar surface area (TPSA) is 61.4 Å². The van der Waals surface area contributed by atoms with E-state index in [1.54, 1.807) is 11.9 Å². The Morgan fingerprint density at radius 2 is 1.63 bits per heavy atom. The van der Waals surface area contributed by atoms with Gasteiger partial charge in [0, 0.05) is 25.6 Å². The van der Waals surface area contributed by atoms with Gasteiger partial charge in [-0.15, -0.1) is 12.4 Å². The largest absolute Gasteiger partial charge is 0.344 e. The smallest absolute Gasteiger partial charge is 0.249 e. The van der Waals surface area contributed by atoms with Crippen LogP contribution in [0, 0.1) is 5.92 Å². The molecule has 0 radical (unpaired) electrons. The van der Waals surface area contributed by atoms with Gasteiger partial charge in [-0.25, -0.2) is 0 Å². The number of anilines is 1. The fourth-order valence-corrected chi connectivity index (χ4v) is 3.83. The average molecular weight is 430 g/mol. The lowest BCUT2D eigenvalue weighted by Crippen LogP contribution is -2.48. The first-order chi connectivity index (χ1) is 14.1. The number of halogens is 1. The Hall–Kier alpha value is -2.37. The molecule has 1 fully saturated rings. The van der Waals surface area contributed by atoms with E-state index in [1.165, 1.54) is 0 Å². The molecule has 1 aliphatic heterocycles. The minimum Gasteiger partial charge on any atom is -0.344 e. The van der Waals surface area contributed by atoms with E-state index in [1.807, 2.05) is 60.7 Å². The Kier molecular flexibility index (Phi) is 9.84. The first-order valence-electron chi connectivity index (χ1n) is 10.5. The van der Waals surface area contributed by atoms with Crippen molar-refractivity contribution < 1.29 is 9.59 Å². The Morgan fingerprint density at radius 3 is 2.27 bits per heavy atom. The molecule has 0 bridgehead atoms. The molecule has 0 unspecified atom stereocenters. The second kappa shape index (κ2) is 12.4. The van der Waals surface area contributed by atoms with E-state index in [4.69, 9.17) is 0 Å². The monoisotopic (exact) mass is 429 g/mol. The summed E-state index contributed by atoms with van der Waals surface area (Å²) in [5.74, 6) is 0.451. The molecule has 1 atom stereocenters. The molecule has 1 saturated heterocycles. The average Bonchev–Trinajstić information content (AvgIpc) is 2.78. The van der Waals surface area contributed by atoms with Crippen molar-refractivity contribution in [2.24, 2.45) is 5.92 Å². The summed E-state index contributed by atoms with van der Waals surface area (Å²) in [6.45, 7) is 2.06. The number of amides is 2. The highest BCUT2D eigenvalue weighted by molar-refractivity contribution is 5.99. The van der Waals surface area contributed by atoms with Gasteiger partial charge in [0.1, 0.15) is 6.04 Å². The molecule has 2 amide bonds. The number of carbonyl (C=O) groups excluding carboxylic acids is 2. The van der Waals surface area contributed by atoms with Gasteiger partial charge in [-0.05, 0) is 56.0 Å². The van der Waals surface area contributed by atoms with Crippen LogP contribution in [0.15, 0.2) is 60.7 Å². The zero-order chi connectivity index (χ0) is 20.5. The molecule has 0 aliphatic carbocycles. The normalized spacial score (nSPS) is 15.0. The van der Waals surface area contributed by atoms with Gasteiger partial charge in [0.2, 0.25) is 11.8 Å². The fourth-order valence-electron chi connectivity index (χ4n) is 3.83. The molecule has 30 heavy (non-hydrogen) atoms. The third-order valence-electron chi connectivity index (χ3n) is 5.63. The number of nitrogens with zero attached hydrogens (tertiary/aromatic N) is 1. The van der Waals surface area contributed by atoms with Crippen molar-refractivity contribution in [3.8, 4) is 0 Å². The summed E-state index contributed by atoms with van der Waals surface area (Å²) in [4.78, 5) is 27.5. The number of rotatable bonds is 8. The van der Waals surface area contributed by atoms with Crippen molar-refractivity contribution in [1.82, 2.24) is 10.6 Å². The van der Waals surface area contributed by atoms with Gasteiger partial charge < -0.3 is 15.5 Å². The second-order valence-corrected chi connectivity index (χ2v) is 7.77. The Labute approximate surface area is 185 Å². The van der Waals surface area contributed by atoms with Crippen molar-refractivity contribution in [2.75, 3.05) is 25.0 Å². The first kappa shape index (κ1) is 23.9. The summed E-state index contributed by atoms with van der Waals surface area (Å²) < 4.78 is 0. The zero-order valence-electron chi connectivity index (χ0n) is 17.5. The number of likely N-dealkylation sites (N-methyl/N-ethyl adjacent to an activating group) is 1. The van der Waals surface area contributed by atoms with Gasteiger partial charge in [0.15, 0.2) is 0 Å². The van der Waals surface area contributed by atoms with E-state index in [0.29, 0.717) is 18.8 Å². The summed E-state index contributed by atoms with van der Waals surface area (Å²) in [7, 11) is 1.76. The van der Waals surface area contributed by atoms with Gasteiger partial charge >= 0.3 is 0 Å². The standard InChI is InChI=1S/C24H31N3O2.ClH/c1-27(21-10-6-3-7-11-21)24(29)22(18-20-8-4-2-5-9-20)26-23(28)13-12-19-14-16-25-17-15-19;/h2-11,19,22,25H,12-18H2,1H3,(H,26,28);1H/t22-;/m0./s1. The van der Waals surface area contributed by atoms with Crippen LogP contribution in [-0.4, -0.2) is 38.0 Å². The highest BCUT2D eigenvalue weighted by atomic mass is 35.5. The molecule has 3 rings (SSSR count). The number of benzene rings is 2. The summed E-state index contributed by atoms with van der Waals surface area (Å²) in [5, 5.41) is 6.36. The molecule has 1 aliphatic rings. The van der Waals surface area contributed by atoms with Crippen LogP contribution in [0.3, 0.4) is 0 Å². The summed E-state index contributed by atoms with van der Waals surface area (Å²) in [5.41, 5.74) is 1.85. The molecular weight excluding hydrogens is 398 g/mol. The molecule has 0 saturated carbocycles. The highest BCUT2D eigenvalue weighted by Gasteiger charge is 2.25. The first-order valence-corrected chi connectivity index (χ1v) is 10.5. The molecule has 2 aromatic carbocycles. The van der Waals surface area contributed by atoms with Gasteiger partial charge in [-0.1, -0.05) is 48.5 Å². The van der Waals surface area contributed by atoms with E-state index >= 15 is 0 Å². The fraction of sp³-hybridized carbons (Fsp3) is 0.417. The zero-order valence-corrected chi connectivity index (χ0v) is 18.4. The number of hydrogen-bond donors (Lipinski definition) is 2. The predicted molar refractivity (Wildman–Crippen MR) is 124 cm³/mol. The van der Waals surface area contributed by atoms with Gasteiger partial charge in [0.05, 0.1) is 0 Å². The number of nitrogens with one attached hydrogen (secondary N) is 2. The van der Waals surface area contributed by atoms with Crippen molar-refractivity contribution in [3.05, 3.63) is 66.2 Å².